The first kappa shape index (κ1) is 13.6. The number of benzene rings is 2. The van der Waals surface area contributed by atoms with Gasteiger partial charge in [-0.3, -0.25) is 0 Å². The van der Waals surface area contributed by atoms with Crippen molar-refractivity contribution in [3.63, 3.8) is 0 Å². The lowest BCUT2D eigenvalue weighted by Crippen LogP contribution is -2.12. The molecule has 0 aromatic heterocycles. The Labute approximate surface area is 124 Å². The van der Waals surface area contributed by atoms with E-state index in [2.05, 4.69) is 42.6 Å². The van der Waals surface area contributed by atoms with Crippen molar-refractivity contribution >= 4 is 11.6 Å². The fourth-order valence-electron chi connectivity index (χ4n) is 2.56. The van der Waals surface area contributed by atoms with Gasteiger partial charge in [0.15, 0.2) is 0 Å². The number of fused-ring (bicyclic) bond motifs is 1. The summed E-state index contributed by atoms with van der Waals surface area (Å²) in [5, 5.41) is 4.02. The Balaban J connectivity index is 1.97. The Morgan fingerprint density at radius 1 is 1.05 bits per heavy atom. The van der Waals surface area contributed by atoms with Crippen molar-refractivity contribution in [2.24, 2.45) is 0 Å². The summed E-state index contributed by atoms with van der Waals surface area (Å²) in [5.41, 5.74) is 6.05. The first-order valence-corrected chi connectivity index (χ1v) is 7.23. The summed E-state index contributed by atoms with van der Waals surface area (Å²) >= 11 is 6.41. The van der Waals surface area contributed by atoms with Crippen LogP contribution in [0, 0.1) is 0 Å². The summed E-state index contributed by atoms with van der Waals surface area (Å²) in [4.78, 5) is 0. The molecule has 3 heteroatoms. The number of ether oxygens (including phenoxy) is 1. The third-order valence-corrected chi connectivity index (χ3v) is 4.28. The van der Waals surface area contributed by atoms with Crippen molar-refractivity contribution in [1.29, 1.82) is 0 Å². The summed E-state index contributed by atoms with van der Waals surface area (Å²) in [6.45, 7) is 3.55. The van der Waals surface area contributed by atoms with E-state index in [4.69, 9.17) is 16.3 Å². The number of halogens is 1. The molecule has 1 atom stereocenters. The molecule has 1 aliphatic rings. The van der Waals surface area contributed by atoms with Crippen LogP contribution in [0.1, 0.15) is 29.7 Å². The van der Waals surface area contributed by atoms with Gasteiger partial charge in [-0.05, 0) is 53.9 Å². The van der Waals surface area contributed by atoms with Gasteiger partial charge in [0.1, 0.15) is 0 Å². The number of rotatable bonds is 3. The molecule has 0 radical (unpaired) electrons. The van der Waals surface area contributed by atoms with Crippen LogP contribution < -0.4 is 5.32 Å². The fraction of sp³-hybridized carbons (Fsp3) is 0.294. The van der Waals surface area contributed by atoms with E-state index in [1.807, 2.05) is 13.1 Å². The van der Waals surface area contributed by atoms with Crippen LogP contribution in [0.5, 0.6) is 0 Å². The third-order valence-electron chi connectivity index (χ3n) is 3.95. The average Bonchev–Trinajstić information content (AvgIpc) is 2.93. The largest absolute Gasteiger partial charge is 0.372 e. The standard InChI is InChI=1S/C17H18ClNO/c1-11(19-2)16-6-5-13(8-17(16)18)12-3-4-14-9-20-10-15(14)7-12/h3-8,11,19H,9-10H2,1-2H3. The highest BCUT2D eigenvalue weighted by Gasteiger charge is 2.13. The second kappa shape index (κ2) is 5.57. The molecule has 2 nitrogen and oxygen atoms in total. The Morgan fingerprint density at radius 3 is 2.50 bits per heavy atom. The molecule has 104 valence electrons. The van der Waals surface area contributed by atoms with E-state index in [9.17, 15) is 0 Å². The van der Waals surface area contributed by atoms with Crippen molar-refractivity contribution < 1.29 is 4.74 Å². The average molecular weight is 288 g/mol. The molecule has 1 aliphatic heterocycles. The molecule has 2 aromatic rings. The Bertz CT molecular complexity index is 639. The second-order valence-electron chi connectivity index (χ2n) is 5.22. The van der Waals surface area contributed by atoms with E-state index in [0.29, 0.717) is 6.61 Å². The van der Waals surface area contributed by atoms with Crippen LogP contribution in [0.15, 0.2) is 36.4 Å². The van der Waals surface area contributed by atoms with E-state index in [1.165, 1.54) is 16.7 Å². The van der Waals surface area contributed by atoms with Crippen molar-refractivity contribution in [2.75, 3.05) is 7.05 Å². The molecular weight excluding hydrogens is 270 g/mol. The van der Waals surface area contributed by atoms with Gasteiger partial charge >= 0.3 is 0 Å². The van der Waals surface area contributed by atoms with Gasteiger partial charge in [-0.25, -0.2) is 0 Å². The van der Waals surface area contributed by atoms with Crippen LogP contribution in [-0.2, 0) is 18.0 Å². The molecule has 0 saturated heterocycles. The molecule has 0 aliphatic carbocycles. The van der Waals surface area contributed by atoms with E-state index >= 15 is 0 Å². The lowest BCUT2D eigenvalue weighted by Gasteiger charge is -2.14. The van der Waals surface area contributed by atoms with E-state index in [1.54, 1.807) is 0 Å². The SMILES string of the molecule is CNC(C)c1ccc(-c2ccc3c(c2)COC3)cc1Cl. The van der Waals surface area contributed by atoms with Gasteiger partial charge in [-0.15, -0.1) is 0 Å². The van der Waals surface area contributed by atoms with E-state index in [0.717, 1.165) is 22.8 Å². The smallest absolute Gasteiger partial charge is 0.0725 e. The van der Waals surface area contributed by atoms with Crippen LogP contribution in [0.3, 0.4) is 0 Å². The maximum absolute atomic E-state index is 6.41. The van der Waals surface area contributed by atoms with Gasteiger partial charge in [0.2, 0.25) is 0 Å². The van der Waals surface area contributed by atoms with Gasteiger partial charge in [-0.1, -0.05) is 35.9 Å². The van der Waals surface area contributed by atoms with E-state index < -0.39 is 0 Å². The van der Waals surface area contributed by atoms with Gasteiger partial charge in [0, 0.05) is 11.1 Å². The molecule has 1 heterocycles. The van der Waals surface area contributed by atoms with Gasteiger partial charge in [0.25, 0.3) is 0 Å². The molecular formula is C17H18ClNO. The summed E-state index contributed by atoms with van der Waals surface area (Å²) in [7, 11) is 1.94. The minimum atomic E-state index is 0.255. The zero-order valence-electron chi connectivity index (χ0n) is 11.7. The maximum atomic E-state index is 6.41. The van der Waals surface area contributed by atoms with Gasteiger partial charge in [0.05, 0.1) is 13.2 Å². The second-order valence-corrected chi connectivity index (χ2v) is 5.63. The van der Waals surface area contributed by atoms with Crippen molar-refractivity contribution in [3.8, 4) is 11.1 Å². The summed E-state index contributed by atoms with van der Waals surface area (Å²) in [5.74, 6) is 0. The van der Waals surface area contributed by atoms with Crippen LogP contribution in [0.2, 0.25) is 5.02 Å². The lowest BCUT2D eigenvalue weighted by atomic mass is 9.98. The summed E-state index contributed by atoms with van der Waals surface area (Å²) < 4.78 is 5.46. The molecule has 1 unspecified atom stereocenters. The lowest BCUT2D eigenvalue weighted by molar-refractivity contribution is 0.134. The fourth-order valence-corrected chi connectivity index (χ4v) is 2.91. The highest BCUT2D eigenvalue weighted by Crippen LogP contribution is 2.31. The molecule has 3 rings (SSSR count). The normalized spacial score (nSPS) is 15.2. The van der Waals surface area contributed by atoms with Crippen LogP contribution in [0.4, 0.5) is 0 Å². The Hall–Kier alpha value is -1.35. The number of hydrogen-bond donors (Lipinski definition) is 1. The van der Waals surface area contributed by atoms with Gasteiger partial charge < -0.3 is 10.1 Å². The van der Waals surface area contributed by atoms with Crippen LogP contribution in [0.25, 0.3) is 11.1 Å². The van der Waals surface area contributed by atoms with Crippen molar-refractivity contribution in [2.45, 2.75) is 26.2 Å². The number of nitrogens with one attached hydrogen (secondary N) is 1. The maximum Gasteiger partial charge on any atom is 0.0725 e. The van der Waals surface area contributed by atoms with Gasteiger partial charge in [-0.2, -0.15) is 0 Å². The molecule has 2 aromatic carbocycles. The quantitative estimate of drug-likeness (QED) is 0.908. The predicted molar refractivity (Wildman–Crippen MR) is 82.9 cm³/mol. The zero-order valence-corrected chi connectivity index (χ0v) is 12.5. The van der Waals surface area contributed by atoms with Crippen LogP contribution in [-0.4, -0.2) is 7.05 Å². The molecule has 0 amide bonds. The Morgan fingerprint density at radius 2 is 1.75 bits per heavy atom. The molecule has 1 N–H and O–H groups in total. The highest BCUT2D eigenvalue weighted by atomic mass is 35.5. The minimum absolute atomic E-state index is 0.255. The summed E-state index contributed by atoms with van der Waals surface area (Å²) in [6.07, 6.45) is 0. The third kappa shape index (κ3) is 2.47. The molecule has 0 bridgehead atoms. The highest BCUT2D eigenvalue weighted by molar-refractivity contribution is 6.31. The van der Waals surface area contributed by atoms with Crippen molar-refractivity contribution in [1.82, 2.24) is 5.32 Å². The van der Waals surface area contributed by atoms with E-state index in [-0.39, 0.29) is 6.04 Å². The molecule has 20 heavy (non-hydrogen) atoms. The topological polar surface area (TPSA) is 21.3 Å². The Kier molecular flexibility index (Phi) is 3.79. The minimum Gasteiger partial charge on any atom is -0.372 e. The predicted octanol–water partition coefficient (Wildman–Crippen LogP) is 4.32. The van der Waals surface area contributed by atoms with Crippen molar-refractivity contribution in [3.05, 3.63) is 58.1 Å². The molecule has 0 saturated carbocycles. The molecule has 0 fully saturated rings. The first-order chi connectivity index (χ1) is 9.69. The zero-order chi connectivity index (χ0) is 14.1. The van der Waals surface area contributed by atoms with Crippen LogP contribution >= 0.6 is 11.6 Å². The monoisotopic (exact) mass is 287 g/mol. The summed E-state index contributed by atoms with van der Waals surface area (Å²) in [6, 6.07) is 13.0. The molecule has 0 spiro atoms. The number of hydrogen-bond acceptors (Lipinski definition) is 2. The first-order valence-electron chi connectivity index (χ1n) is 6.85.